The van der Waals surface area contributed by atoms with Gasteiger partial charge in [-0.3, -0.25) is 5.32 Å². The summed E-state index contributed by atoms with van der Waals surface area (Å²) in [5.41, 5.74) is 0.751. The summed E-state index contributed by atoms with van der Waals surface area (Å²) in [5, 5.41) is 10.5. The molecule has 1 rings (SSSR count). The molecule has 1 aromatic rings. The van der Waals surface area contributed by atoms with Gasteiger partial charge in [-0.2, -0.15) is 0 Å². The van der Waals surface area contributed by atoms with Crippen LogP contribution in [0.25, 0.3) is 0 Å². The lowest BCUT2D eigenvalue weighted by molar-refractivity contribution is 0.209. The molecule has 0 saturated carbocycles. The quantitative estimate of drug-likeness (QED) is 0.778. The van der Waals surface area contributed by atoms with Crippen molar-refractivity contribution < 1.29 is 9.90 Å². The standard InChI is InChI=1S/C7H7BrN2O2/c1-4-5(8)2-3-6(9-4)10-7(11)12/h2-3H,1H3,(H,9,10)(H,11,12). The monoisotopic (exact) mass is 230 g/mol. The molecule has 0 unspecified atom stereocenters. The van der Waals surface area contributed by atoms with Crippen molar-refractivity contribution in [2.45, 2.75) is 6.92 Å². The van der Waals surface area contributed by atoms with Gasteiger partial charge >= 0.3 is 6.09 Å². The lowest BCUT2D eigenvalue weighted by Gasteiger charge is -2.01. The molecule has 4 nitrogen and oxygen atoms in total. The summed E-state index contributed by atoms with van der Waals surface area (Å²) in [7, 11) is 0. The van der Waals surface area contributed by atoms with Crippen molar-refractivity contribution in [1.82, 2.24) is 4.98 Å². The van der Waals surface area contributed by atoms with Gasteiger partial charge in [0.05, 0.1) is 5.69 Å². The molecule has 0 atom stereocenters. The predicted octanol–water partition coefficient (Wildman–Crippen LogP) is 2.24. The van der Waals surface area contributed by atoms with E-state index in [0.717, 1.165) is 10.2 Å². The van der Waals surface area contributed by atoms with Gasteiger partial charge in [0, 0.05) is 4.47 Å². The fraction of sp³-hybridized carbons (Fsp3) is 0.143. The number of pyridine rings is 1. The van der Waals surface area contributed by atoms with Crippen molar-refractivity contribution in [2.75, 3.05) is 5.32 Å². The van der Waals surface area contributed by atoms with Crippen molar-refractivity contribution in [3.8, 4) is 0 Å². The zero-order chi connectivity index (χ0) is 9.14. The summed E-state index contributed by atoms with van der Waals surface area (Å²) < 4.78 is 0.860. The Hall–Kier alpha value is -1.10. The molecule has 0 aliphatic heterocycles. The highest BCUT2D eigenvalue weighted by Crippen LogP contribution is 2.15. The third-order valence-corrected chi connectivity index (χ3v) is 2.09. The minimum atomic E-state index is -1.11. The SMILES string of the molecule is Cc1nc(NC(=O)O)ccc1Br. The van der Waals surface area contributed by atoms with E-state index in [-0.39, 0.29) is 0 Å². The number of halogens is 1. The highest BCUT2D eigenvalue weighted by molar-refractivity contribution is 9.10. The summed E-state index contributed by atoms with van der Waals surface area (Å²) >= 11 is 3.26. The van der Waals surface area contributed by atoms with Crippen molar-refractivity contribution in [3.63, 3.8) is 0 Å². The van der Waals surface area contributed by atoms with Crippen LogP contribution in [-0.2, 0) is 0 Å². The van der Waals surface area contributed by atoms with Gasteiger partial charge in [-0.1, -0.05) is 0 Å². The van der Waals surface area contributed by atoms with E-state index < -0.39 is 6.09 Å². The van der Waals surface area contributed by atoms with Crippen molar-refractivity contribution in [1.29, 1.82) is 0 Å². The number of aromatic nitrogens is 1. The Balaban J connectivity index is 2.89. The topological polar surface area (TPSA) is 62.2 Å². The van der Waals surface area contributed by atoms with Crippen LogP contribution in [0.1, 0.15) is 5.69 Å². The molecule has 0 spiro atoms. The zero-order valence-corrected chi connectivity index (χ0v) is 7.92. The van der Waals surface area contributed by atoms with E-state index in [4.69, 9.17) is 5.11 Å². The van der Waals surface area contributed by atoms with Crippen LogP contribution in [-0.4, -0.2) is 16.2 Å². The highest BCUT2D eigenvalue weighted by Gasteiger charge is 2.00. The molecule has 1 aromatic heterocycles. The molecule has 0 aromatic carbocycles. The largest absolute Gasteiger partial charge is 0.465 e. The normalized spacial score (nSPS) is 9.50. The Morgan fingerprint density at radius 2 is 2.33 bits per heavy atom. The Morgan fingerprint density at radius 1 is 1.67 bits per heavy atom. The first-order chi connectivity index (χ1) is 5.59. The fourth-order valence-electron chi connectivity index (χ4n) is 0.723. The number of aryl methyl sites for hydroxylation is 1. The minimum absolute atomic E-state index is 0.336. The average molecular weight is 231 g/mol. The smallest absolute Gasteiger partial charge is 0.410 e. The van der Waals surface area contributed by atoms with E-state index in [1.54, 1.807) is 19.1 Å². The predicted molar refractivity (Wildman–Crippen MR) is 48.3 cm³/mol. The van der Waals surface area contributed by atoms with E-state index in [0.29, 0.717) is 5.82 Å². The fourth-order valence-corrected chi connectivity index (χ4v) is 0.944. The van der Waals surface area contributed by atoms with Crippen LogP contribution in [0.5, 0.6) is 0 Å². The molecule has 2 N–H and O–H groups in total. The lowest BCUT2D eigenvalue weighted by Crippen LogP contribution is -2.08. The Labute approximate surface area is 77.8 Å². The first kappa shape index (κ1) is 8.99. The van der Waals surface area contributed by atoms with Crippen LogP contribution < -0.4 is 5.32 Å². The van der Waals surface area contributed by atoms with E-state index in [1.807, 2.05) is 0 Å². The van der Waals surface area contributed by atoms with Gasteiger partial charge in [-0.05, 0) is 35.0 Å². The second kappa shape index (κ2) is 3.53. The number of hydrogen-bond acceptors (Lipinski definition) is 2. The Morgan fingerprint density at radius 3 is 2.83 bits per heavy atom. The third-order valence-electron chi connectivity index (χ3n) is 1.26. The molecular formula is C7H7BrN2O2. The summed E-state index contributed by atoms with van der Waals surface area (Å²) in [6.45, 7) is 1.79. The highest BCUT2D eigenvalue weighted by atomic mass is 79.9. The van der Waals surface area contributed by atoms with Gasteiger partial charge in [0.25, 0.3) is 0 Å². The molecule has 5 heteroatoms. The zero-order valence-electron chi connectivity index (χ0n) is 6.34. The first-order valence-corrected chi connectivity index (χ1v) is 4.02. The number of hydrogen-bond donors (Lipinski definition) is 2. The molecule has 12 heavy (non-hydrogen) atoms. The van der Waals surface area contributed by atoms with E-state index >= 15 is 0 Å². The van der Waals surface area contributed by atoms with Gasteiger partial charge in [0.2, 0.25) is 0 Å². The summed E-state index contributed by atoms with van der Waals surface area (Å²) in [4.78, 5) is 14.2. The second-order valence-electron chi connectivity index (χ2n) is 2.19. The Kier molecular flexibility index (Phi) is 2.65. The van der Waals surface area contributed by atoms with Crippen molar-refractivity contribution in [2.24, 2.45) is 0 Å². The van der Waals surface area contributed by atoms with Gasteiger partial charge in [0.15, 0.2) is 0 Å². The molecule has 0 aliphatic rings. The van der Waals surface area contributed by atoms with Gasteiger partial charge < -0.3 is 5.11 Å². The van der Waals surface area contributed by atoms with Crippen LogP contribution in [0.3, 0.4) is 0 Å². The molecule has 64 valence electrons. The Bertz CT molecular complexity index is 314. The molecule has 0 fully saturated rings. The summed E-state index contributed by atoms with van der Waals surface area (Å²) in [6.07, 6.45) is -1.11. The number of nitrogens with zero attached hydrogens (tertiary/aromatic N) is 1. The van der Waals surface area contributed by atoms with E-state index in [2.05, 4.69) is 26.2 Å². The van der Waals surface area contributed by atoms with Gasteiger partial charge in [-0.15, -0.1) is 0 Å². The number of nitrogens with one attached hydrogen (secondary N) is 1. The third kappa shape index (κ3) is 2.20. The molecule has 0 bridgehead atoms. The van der Waals surface area contributed by atoms with Gasteiger partial charge in [-0.25, -0.2) is 9.78 Å². The number of carbonyl (C=O) groups is 1. The molecule has 0 aliphatic carbocycles. The number of anilines is 1. The lowest BCUT2D eigenvalue weighted by atomic mass is 10.4. The first-order valence-electron chi connectivity index (χ1n) is 3.22. The van der Waals surface area contributed by atoms with Crippen molar-refractivity contribution >= 4 is 27.8 Å². The number of amides is 1. The maximum absolute atomic E-state index is 10.2. The molecule has 1 heterocycles. The van der Waals surface area contributed by atoms with Crippen LogP contribution in [0.15, 0.2) is 16.6 Å². The maximum Gasteiger partial charge on any atom is 0.410 e. The molecular weight excluding hydrogens is 224 g/mol. The summed E-state index contributed by atoms with van der Waals surface area (Å²) in [5.74, 6) is 0.336. The molecule has 1 amide bonds. The molecule has 0 radical (unpaired) electrons. The van der Waals surface area contributed by atoms with Crippen molar-refractivity contribution in [3.05, 3.63) is 22.3 Å². The minimum Gasteiger partial charge on any atom is -0.465 e. The van der Waals surface area contributed by atoms with Crippen LogP contribution in [0, 0.1) is 6.92 Å². The van der Waals surface area contributed by atoms with E-state index in [9.17, 15) is 4.79 Å². The number of carboxylic acid groups (broad SMARTS) is 1. The van der Waals surface area contributed by atoms with E-state index in [1.165, 1.54) is 0 Å². The van der Waals surface area contributed by atoms with Crippen LogP contribution in [0.4, 0.5) is 10.6 Å². The summed E-state index contributed by atoms with van der Waals surface area (Å²) in [6, 6.07) is 3.33. The van der Waals surface area contributed by atoms with Crippen LogP contribution in [0.2, 0.25) is 0 Å². The number of rotatable bonds is 1. The van der Waals surface area contributed by atoms with Crippen LogP contribution >= 0.6 is 15.9 Å². The second-order valence-corrected chi connectivity index (χ2v) is 3.05. The average Bonchev–Trinajstić information content (AvgIpc) is 1.96. The van der Waals surface area contributed by atoms with Gasteiger partial charge in [0.1, 0.15) is 5.82 Å². The maximum atomic E-state index is 10.2. The molecule has 0 saturated heterocycles.